The Hall–Kier alpha value is -1.35. The lowest BCUT2D eigenvalue weighted by atomic mass is 10.0. The quantitative estimate of drug-likeness (QED) is 0.808. The number of nitrogens with one attached hydrogen (secondary N) is 2. The molecule has 1 fully saturated rings. The first-order valence-electron chi connectivity index (χ1n) is 5.75. The van der Waals surface area contributed by atoms with Crippen LogP contribution in [0.3, 0.4) is 0 Å². The van der Waals surface area contributed by atoms with Gasteiger partial charge in [0.15, 0.2) is 0 Å². The van der Waals surface area contributed by atoms with Gasteiger partial charge in [-0.25, -0.2) is 0 Å². The van der Waals surface area contributed by atoms with Crippen molar-refractivity contribution in [3.05, 3.63) is 35.4 Å². The number of carbonyl (C=O) groups excluding carboxylic acids is 1. The number of rotatable bonds is 3. The monoisotopic (exact) mass is 218 g/mol. The van der Waals surface area contributed by atoms with E-state index in [-0.39, 0.29) is 11.9 Å². The van der Waals surface area contributed by atoms with Crippen LogP contribution in [0.4, 0.5) is 0 Å². The van der Waals surface area contributed by atoms with Gasteiger partial charge in [0.1, 0.15) is 0 Å². The van der Waals surface area contributed by atoms with Crippen LogP contribution in [0, 0.1) is 6.92 Å². The molecule has 16 heavy (non-hydrogen) atoms. The first kappa shape index (κ1) is 11.1. The van der Waals surface area contributed by atoms with Crippen LogP contribution in [-0.2, 0) is 4.79 Å². The van der Waals surface area contributed by atoms with Crippen LogP contribution in [-0.4, -0.2) is 18.5 Å². The molecule has 1 saturated heterocycles. The first-order chi connectivity index (χ1) is 7.66. The Bertz CT molecular complexity index is 389. The van der Waals surface area contributed by atoms with Crippen LogP contribution >= 0.6 is 0 Å². The summed E-state index contributed by atoms with van der Waals surface area (Å²) in [6.07, 6.45) is 0.593. The number of benzene rings is 1. The van der Waals surface area contributed by atoms with Crippen molar-refractivity contribution >= 4 is 5.91 Å². The molecule has 0 aliphatic carbocycles. The molecule has 0 bridgehead atoms. The molecule has 3 heteroatoms. The van der Waals surface area contributed by atoms with Crippen LogP contribution in [0.5, 0.6) is 0 Å². The second-order valence-corrected chi connectivity index (χ2v) is 4.45. The van der Waals surface area contributed by atoms with Gasteiger partial charge >= 0.3 is 0 Å². The van der Waals surface area contributed by atoms with Crippen LogP contribution < -0.4 is 10.6 Å². The van der Waals surface area contributed by atoms with Gasteiger partial charge in [0.2, 0.25) is 5.91 Å². The maximum atomic E-state index is 11.1. The van der Waals surface area contributed by atoms with E-state index in [1.165, 1.54) is 11.1 Å². The smallest absolute Gasteiger partial charge is 0.221 e. The van der Waals surface area contributed by atoms with Gasteiger partial charge in [0.05, 0.1) is 0 Å². The standard InChI is InChI=1S/C13H18N2O/c1-9-5-3-4-6-12(9)10(2)15-11-7-13(16)14-8-11/h3-6,10-11,15H,7-8H2,1-2H3,(H,14,16). The Morgan fingerprint density at radius 1 is 1.44 bits per heavy atom. The number of carbonyl (C=O) groups is 1. The third-order valence-corrected chi connectivity index (χ3v) is 3.12. The van der Waals surface area contributed by atoms with E-state index in [2.05, 4.69) is 42.7 Å². The molecular formula is C13H18N2O. The SMILES string of the molecule is Cc1ccccc1C(C)NC1CNC(=O)C1. The van der Waals surface area contributed by atoms with Gasteiger partial charge in [-0.3, -0.25) is 4.79 Å². The van der Waals surface area contributed by atoms with Gasteiger partial charge in [0, 0.05) is 25.0 Å². The predicted molar refractivity (Wildman–Crippen MR) is 64.1 cm³/mol. The van der Waals surface area contributed by atoms with Crippen molar-refractivity contribution in [2.24, 2.45) is 0 Å². The van der Waals surface area contributed by atoms with E-state index in [9.17, 15) is 4.79 Å². The topological polar surface area (TPSA) is 41.1 Å². The molecule has 0 spiro atoms. The van der Waals surface area contributed by atoms with Crippen molar-refractivity contribution in [3.8, 4) is 0 Å². The minimum atomic E-state index is 0.148. The molecule has 1 heterocycles. The van der Waals surface area contributed by atoms with Crippen molar-refractivity contribution in [1.82, 2.24) is 10.6 Å². The van der Waals surface area contributed by atoms with Gasteiger partial charge in [-0.1, -0.05) is 24.3 Å². The molecule has 0 radical (unpaired) electrons. The van der Waals surface area contributed by atoms with Crippen LogP contribution in [0.1, 0.15) is 30.5 Å². The summed E-state index contributed by atoms with van der Waals surface area (Å²) in [7, 11) is 0. The average molecular weight is 218 g/mol. The molecule has 1 aliphatic rings. The van der Waals surface area contributed by atoms with Crippen molar-refractivity contribution in [2.45, 2.75) is 32.4 Å². The fourth-order valence-corrected chi connectivity index (χ4v) is 2.24. The Morgan fingerprint density at radius 3 is 2.81 bits per heavy atom. The molecule has 2 N–H and O–H groups in total. The molecule has 1 aromatic carbocycles. The summed E-state index contributed by atoms with van der Waals surface area (Å²) in [5.41, 5.74) is 2.60. The third kappa shape index (κ3) is 2.42. The van der Waals surface area contributed by atoms with Crippen molar-refractivity contribution in [2.75, 3.05) is 6.54 Å². The molecule has 0 aromatic heterocycles. The van der Waals surface area contributed by atoms with Gasteiger partial charge in [0.25, 0.3) is 0 Å². The highest BCUT2D eigenvalue weighted by atomic mass is 16.1. The van der Waals surface area contributed by atoms with Crippen molar-refractivity contribution in [3.63, 3.8) is 0 Å². The molecule has 1 aromatic rings. The number of amides is 1. The Kier molecular flexibility index (Phi) is 3.25. The van der Waals surface area contributed by atoms with Gasteiger partial charge in [-0.05, 0) is 25.0 Å². The second-order valence-electron chi connectivity index (χ2n) is 4.45. The minimum absolute atomic E-state index is 0.148. The highest BCUT2D eigenvalue weighted by Gasteiger charge is 2.23. The lowest BCUT2D eigenvalue weighted by Crippen LogP contribution is -2.33. The number of hydrogen-bond donors (Lipinski definition) is 2. The van der Waals surface area contributed by atoms with Crippen LogP contribution in [0.15, 0.2) is 24.3 Å². The summed E-state index contributed by atoms with van der Waals surface area (Å²) >= 11 is 0. The molecule has 2 atom stereocenters. The van der Waals surface area contributed by atoms with E-state index in [0.717, 1.165) is 6.54 Å². The highest BCUT2D eigenvalue weighted by molar-refractivity contribution is 5.78. The first-order valence-corrected chi connectivity index (χ1v) is 5.75. The number of aryl methyl sites for hydroxylation is 1. The van der Waals surface area contributed by atoms with Crippen molar-refractivity contribution < 1.29 is 4.79 Å². The minimum Gasteiger partial charge on any atom is -0.354 e. The van der Waals surface area contributed by atoms with Gasteiger partial charge in [-0.2, -0.15) is 0 Å². The Balaban J connectivity index is 2.00. The lowest BCUT2D eigenvalue weighted by Gasteiger charge is -2.20. The molecule has 1 aliphatic heterocycles. The fraction of sp³-hybridized carbons (Fsp3) is 0.462. The summed E-state index contributed by atoms with van der Waals surface area (Å²) in [5, 5.41) is 6.32. The van der Waals surface area contributed by atoms with Gasteiger partial charge < -0.3 is 10.6 Å². The van der Waals surface area contributed by atoms with E-state index >= 15 is 0 Å². The molecule has 2 unspecified atom stereocenters. The maximum absolute atomic E-state index is 11.1. The zero-order valence-electron chi connectivity index (χ0n) is 9.79. The number of hydrogen-bond acceptors (Lipinski definition) is 2. The largest absolute Gasteiger partial charge is 0.354 e. The Labute approximate surface area is 96.2 Å². The summed E-state index contributed by atoms with van der Waals surface area (Å²) < 4.78 is 0. The van der Waals surface area contributed by atoms with Crippen LogP contribution in [0.2, 0.25) is 0 Å². The summed E-state index contributed by atoms with van der Waals surface area (Å²) in [5.74, 6) is 0.148. The average Bonchev–Trinajstić information content (AvgIpc) is 2.64. The second kappa shape index (κ2) is 4.66. The molecule has 2 rings (SSSR count). The summed E-state index contributed by atoms with van der Waals surface area (Å²) in [6, 6.07) is 8.91. The molecule has 3 nitrogen and oxygen atoms in total. The lowest BCUT2D eigenvalue weighted by molar-refractivity contribution is -0.119. The molecule has 1 amide bonds. The van der Waals surface area contributed by atoms with E-state index < -0.39 is 0 Å². The zero-order chi connectivity index (χ0) is 11.5. The maximum Gasteiger partial charge on any atom is 0.221 e. The zero-order valence-corrected chi connectivity index (χ0v) is 9.79. The molecule has 0 saturated carbocycles. The fourth-order valence-electron chi connectivity index (χ4n) is 2.24. The summed E-state index contributed by atoms with van der Waals surface area (Å²) in [6.45, 7) is 5.01. The summed E-state index contributed by atoms with van der Waals surface area (Å²) in [4.78, 5) is 11.1. The highest BCUT2D eigenvalue weighted by Crippen LogP contribution is 2.18. The van der Waals surface area contributed by atoms with E-state index in [4.69, 9.17) is 0 Å². The van der Waals surface area contributed by atoms with E-state index in [1.54, 1.807) is 0 Å². The molecular weight excluding hydrogens is 200 g/mol. The van der Waals surface area contributed by atoms with E-state index in [0.29, 0.717) is 12.5 Å². The van der Waals surface area contributed by atoms with Crippen molar-refractivity contribution in [1.29, 1.82) is 0 Å². The Morgan fingerprint density at radius 2 is 2.19 bits per heavy atom. The van der Waals surface area contributed by atoms with Gasteiger partial charge in [-0.15, -0.1) is 0 Å². The predicted octanol–water partition coefficient (Wildman–Crippen LogP) is 1.53. The van der Waals surface area contributed by atoms with E-state index in [1.807, 2.05) is 6.07 Å². The van der Waals surface area contributed by atoms with Crippen LogP contribution in [0.25, 0.3) is 0 Å². The normalized spacial score (nSPS) is 21.9. The molecule has 86 valence electrons. The third-order valence-electron chi connectivity index (χ3n) is 3.12.